The van der Waals surface area contributed by atoms with Crippen LogP contribution in [-0.4, -0.2) is 51.7 Å². The standard InChI is InChI=1S/C18H22N2O2.C7H6O2/c21-11-5-10-19-12-14(22)13-20-17-8-3-1-6-15(17)16-7-2-4-9-18(16)20;8-7(9)6-4-2-1-3-5-6/h1-4,6-9,14,19,21-22H,5,10-13H2;1-5H,(H,8,9). The summed E-state index contributed by atoms with van der Waals surface area (Å²) in [6.45, 7) is 1.98. The van der Waals surface area contributed by atoms with E-state index in [4.69, 9.17) is 10.2 Å². The van der Waals surface area contributed by atoms with Crippen molar-refractivity contribution in [3.63, 3.8) is 0 Å². The van der Waals surface area contributed by atoms with Gasteiger partial charge in [-0.3, -0.25) is 0 Å². The molecule has 4 N–H and O–H groups in total. The summed E-state index contributed by atoms with van der Waals surface area (Å²) in [7, 11) is 0. The Hall–Kier alpha value is -3.19. The highest BCUT2D eigenvalue weighted by Crippen LogP contribution is 2.28. The second kappa shape index (κ2) is 11.3. The molecular formula is C25H28N2O4. The minimum atomic E-state index is -0.879. The maximum Gasteiger partial charge on any atom is 0.335 e. The van der Waals surface area contributed by atoms with Gasteiger partial charge >= 0.3 is 5.97 Å². The molecule has 0 aliphatic carbocycles. The monoisotopic (exact) mass is 420 g/mol. The molecular weight excluding hydrogens is 392 g/mol. The number of aliphatic hydroxyl groups is 2. The quantitative estimate of drug-likeness (QED) is 0.327. The zero-order valence-electron chi connectivity index (χ0n) is 17.3. The molecule has 6 heteroatoms. The number of hydrogen-bond acceptors (Lipinski definition) is 4. The van der Waals surface area contributed by atoms with E-state index in [1.807, 2.05) is 24.3 Å². The maximum atomic E-state index is 10.3. The van der Waals surface area contributed by atoms with Gasteiger partial charge in [-0.05, 0) is 37.2 Å². The van der Waals surface area contributed by atoms with Gasteiger partial charge < -0.3 is 25.2 Å². The van der Waals surface area contributed by atoms with Crippen molar-refractivity contribution in [1.29, 1.82) is 0 Å². The van der Waals surface area contributed by atoms with Crippen LogP contribution in [0.25, 0.3) is 21.8 Å². The van der Waals surface area contributed by atoms with Crippen LogP contribution in [0.5, 0.6) is 0 Å². The van der Waals surface area contributed by atoms with Gasteiger partial charge in [-0.2, -0.15) is 0 Å². The molecule has 1 aromatic heterocycles. The highest BCUT2D eigenvalue weighted by atomic mass is 16.4. The van der Waals surface area contributed by atoms with E-state index < -0.39 is 12.1 Å². The van der Waals surface area contributed by atoms with E-state index in [0.717, 1.165) is 17.6 Å². The third-order valence-corrected chi connectivity index (χ3v) is 4.99. The van der Waals surface area contributed by atoms with Crippen molar-refractivity contribution in [2.45, 2.75) is 19.1 Å². The second-order valence-electron chi connectivity index (χ2n) is 7.25. The van der Waals surface area contributed by atoms with E-state index >= 15 is 0 Å². The summed E-state index contributed by atoms with van der Waals surface area (Å²) in [5, 5.41) is 33.1. The highest BCUT2D eigenvalue weighted by Gasteiger charge is 2.12. The normalized spacial score (nSPS) is 11.8. The van der Waals surface area contributed by atoms with Crippen LogP contribution in [0.15, 0.2) is 78.9 Å². The molecule has 0 radical (unpaired) electrons. The molecule has 1 heterocycles. The van der Waals surface area contributed by atoms with Gasteiger partial charge in [0.05, 0.1) is 18.2 Å². The Morgan fingerprint density at radius 3 is 1.94 bits per heavy atom. The Kier molecular flexibility index (Phi) is 8.18. The fourth-order valence-electron chi connectivity index (χ4n) is 3.53. The number of fused-ring (bicyclic) bond motifs is 3. The van der Waals surface area contributed by atoms with Crippen molar-refractivity contribution in [1.82, 2.24) is 9.88 Å². The summed E-state index contributed by atoms with van der Waals surface area (Å²) >= 11 is 0. The summed E-state index contributed by atoms with van der Waals surface area (Å²) in [5.41, 5.74) is 2.63. The predicted molar refractivity (Wildman–Crippen MR) is 123 cm³/mol. The zero-order valence-corrected chi connectivity index (χ0v) is 17.3. The first kappa shape index (κ1) is 22.5. The first-order valence-electron chi connectivity index (χ1n) is 10.4. The summed E-state index contributed by atoms with van der Waals surface area (Å²) in [6, 6.07) is 24.9. The lowest BCUT2D eigenvalue weighted by atomic mass is 10.2. The molecule has 0 amide bonds. The molecule has 6 nitrogen and oxygen atoms in total. The lowest BCUT2D eigenvalue weighted by Gasteiger charge is -2.14. The number of aromatic carboxylic acids is 1. The summed E-state index contributed by atoms with van der Waals surface area (Å²) in [6.07, 6.45) is 0.250. The van der Waals surface area contributed by atoms with Crippen molar-refractivity contribution in [2.24, 2.45) is 0 Å². The molecule has 0 aliphatic heterocycles. The van der Waals surface area contributed by atoms with E-state index in [1.54, 1.807) is 30.3 Å². The zero-order chi connectivity index (χ0) is 22.1. The SMILES string of the molecule is O=C(O)c1ccccc1.OCCCNCC(O)Cn1c2ccccc2c2ccccc21. The molecule has 31 heavy (non-hydrogen) atoms. The van der Waals surface area contributed by atoms with Crippen LogP contribution in [0.2, 0.25) is 0 Å². The predicted octanol–water partition coefficient (Wildman–Crippen LogP) is 3.51. The number of hydrogen-bond donors (Lipinski definition) is 4. The number of carboxylic acids is 1. The van der Waals surface area contributed by atoms with E-state index in [1.165, 1.54) is 10.8 Å². The van der Waals surface area contributed by atoms with Gasteiger partial charge in [-0.15, -0.1) is 0 Å². The lowest BCUT2D eigenvalue weighted by molar-refractivity contribution is 0.0697. The Morgan fingerprint density at radius 2 is 1.42 bits per heavy atom. The Labute approximate surface area is 181 Å². The topological polar surface area (TPSA) is 94.7 Å². The van der Waals surface area contributed by atoms with Crippen LogP contribution in [-0.2, 0) is 6.54 Å². The molecule has 0 saturated carbocycles. The highest BCUT2D eigenvalue weighted by molar-refractivity contribution is 6.07. The fraction of sp³-hybridized carbons (Fsp3) is 0.240. The van der Waals surface area contributed by atoms with Crippen molar-refractivity contribution >= 4 is 27.8 Å². The maximum absolute atomic E-state index is 10.3. The van der Waals surface area contributed by atoms with Crippen molar-refractivity contribution in [2.75, 3.05) is 19.7 Å². The van der Waals surface area contributed by atoms with Gasteiger partial charge in [0.15, 0.2) is 0 Å². The minimum Gasteiger partial charge on any atom is -0.478 e. The molecule has 0 saturated heterocycles. The fourth-order valence-corrected chi connectivity index (χ4v) is 3.53. The van der Waals surface area contributed by atoms with Gasteiger partial charge in [0.25, 0.3) is 0 Å². The summed E-state index contributed by atoms with van der Waals surface area (Å²) in [5.74, 6) is -0.879. The molecule has 1 atom stereocenters. The number of benzene rings is 3. The number of carboxylic acid groups (broad SMARTS) is 1. The number of para-hydroxylation sites is 2. The lowest BCUT2D eigenvalue weighted by Crippen LogP contribution is -2.31. The van der Waals surface area contributed by atoms with Crippen LogP contribution in [0.4, 0.5) is 0 Å². The van der Waals surface area contributed by atoms with Crippen LogP contribution in [0, 0.1) is 0 Å². The first-order valence-corrected chi connectivity index (χ1v) is 10.4. The Balaban J connectivity index is 0.000000254. The average molecular weight is 421 g/mol. The number of rotatable bonds is 8. The molecule has 0 fully saturated rings. The van der Waals surface area contributed by atoms with Crippen molar-refractivity contribution in [3.05, 3.63) is 84.4 Å². The van der Waals surface area contributed by atoms with Crippen LogP contribution < -0.4 is 5.32 Å². The smallest absolute Gasteiger partial charge is 0.335 e. The van der Waals surface area contributed by atoms with E-state index in [0.29, 0.717) is 25.1 Å². The molecule has 3 aromatic carbocycles. The van der Waals surface area contributed by atoms with Crippen LogP contribution in [0.3, 0.4) is 0 Å². The number of aromatic nitrogens is 1. The Bertz CT molecular complexity index is 1060. The molecule has 0 aliphatic rings. The minimum absolute atomic E-state index is 0.177. The van der Waals surface area contributed by atoms with Gasteiger partial charge in [0, 0.05) is 35.0 Å². The van der Waals surface area contributed by atoms with Crippen LogP contribution in [0.1, 0.15) is 16.8 Å². The first-order chi connectivity index (χ1) is 15.1. The largest absolute Gasteiger partial charge is 0.478 e. The number of nitrogens with one attached hydrogen (secondary N) is 1. The number of carbonyl (C=O) groups is 1. The molecule has 4 aromatic rings. The van der Waals surface area contributed by atoms with E-state index in [-0.39, 0.29) is 6.61 Å². The van der Waals surface area contributed by atoms with E-state index in [2.05, 4.69) is 34.1 Å². The summed E-state index contributed by atoms with van der Waals surface area (Å²) in [4.78, 5) is 10.2. The van der Waals surface area contributed by atoms with Gasteiger partial charge in [-0.25, -0.2) is 4.79 Å². The van der Waals surface area contributed by atoms with Gasteiger partial charge in [0.2, 0.25) is 0 Å². The third kappa shape index (κ3) is 5.92. The Morgan fingerprint density at radius 1 is 0.871 bits per heavy atom. The number of nitrogens with zero attached hydrogens (tertiary/aromatic N) is 1. The molecule has 4 rings (SSSR count). The molecule has 0 spiro atoms. The second-order valence-corrected chi connectivity index (χ2v) is 7.25. The molecule has 0 bridgehead atoms. The molecule has 1 unspecified atom stereocenters. The van der Waals surface area contributed by atoms with Crippen molar-refractivity contribution in [3.8, 4) is 0 Å². The summed E-state index contributed by atoms with van der Waals surface area (Å²) < 4.78 is 2.18. The van der Waals surface area contributed by atoms with Gasteiger partial charge in [0.1, 0.15) is 0 Å². The molecule has 162 valence electrons. The van der Waals surface area contributed by atoms with Crippen LogP contribution >= 0.6 is 0 Å². The van der Waals surface area contributed by atoms with Gasteiger partial charge in [-0.1, -0.05) is 54.6 Å². The van der Waals surface area contributed by atoms with E-state index in [9.17, 15) is 9.90 Å². The average Bonchev–Trinajstić information content (AvgIpc) is 3.12. The van der Waals surface area contributed by atoms with Crippen molar-refractivity contribution < 1.29 is 20.1 Å². The number of aliphatic hydroxyl groups excluding tert-OH is 2. The third-order valence-electron chi connectivity index (χ3n) is 4.99.